The van der Waals surface area contributed by atoms with E-state index in [9.17, 15) is 14.3 Å². The Balaban J connectivity index is 1.80. The van der Waals surface area contributed by atoms with Crippen LogP contribution < -0.4 is 0 Å². The van der Waals surface area contributed by atoms with Gasteiger partial charge in [-0.15, -0.1) is 0 Å². The van der Waals surface area contributed by atoms with Crippen molar-refractivity contribution in [3.63, 3.8) is 0 Å². The number of cyclic esters (lactones) is 1. The van der Waals surface area contributed by atoms with Gasteiger partial charge in [-0.25, -0.2) is 9.18 Å². The first-order chi connectivity index (χ1) is 12.6. The standard InChI is InChI=1S/C21H24FNO3/c1-16(17-8-10-19(22)11-9-17)23-14-13-21(12-5-15-24,26-20(23)25)18-6-3-2-4-7-18/h2-4,6-11,16,24H,5,12-15H2,1H3/t16-,21+/m0/s1. The summed E-state index contributed by atoms with van der Waals surface area (Å²) in [5, 5.41) is 9.25. The smallest absolute Gasteiger partial charge is 0.411 e. The van der Waals surface area contributed by atoms with Gasteiger partial charge in [-0.3, -0.25) is 0 Å². The maximum Gasteiger partial charge on any atom is 0.411 e. The van der Waals surface area contributed by atoms with E-state index in [1.807, 2.05) is 37.3 Å². The molecule has 1 aliphatic heterocycles. The molecule has 0 spiro atoms. The first kappa shape index (κ1) is 18.4. The average Bonchev–Trinajstić information content (AvgIpc) is 2.67. The Morgan fingerprint density at radius 2 is 1.88 bits per heavy atom. The van der Waals surface area contributed by atoms with Gasteiger partial charge in [0.2, 0.25) is 0 Å². The number of carbonyl (C=O) groups is 1. The lowest BCUT2D eigenvalue weighted by Gasteiger charge is -2.43. The van der Waals surface area contributed by atoms with Gasteiger partial charge in [0.05, 0.1) is 6.04 Å². The van der Waals surface area contributed by atoms with Crippen molar-refractivity contribution in [2.75, 3.05) is 13.2 Å². The number of aliphatic hydroxyl groups is 1. The quantitative estimate of drug-likeness (QED) is 0.834. The van der Waals surface area contributed by atoms with Crippen molar-refractivity contribution in [1.82, 2.24) is 4.90 Å². The van der Waals surface area contributed by atoms with Gasteiger partial charge in [0, 0.05) is 19.6 Å². The van der Waals surface area contributed by atoms with E-state index < -0.39 is 5.60 Å². The van der Waals surface area contributed by atoms with Crippen LogP contribution in [0.5, 0.6) is 0 Å². The Morgan fingerprint density at radius 1 is 1.19 bits per heavy atom. The van der Waals surface area contributed by atoms with Crippen LogP contribution in [0, 0.1) is 5.82 Å². The summed E-state index contributed by atoms with van der Waals surface area (Å²) in [7, 11) is 0. The molecule has 26 heavy (non-hydrogen) atoms. The second kappa shape index (κ2) is 7.87. The topological polar surface area (TPSA) is 49.8 Å². The summed E-state index contributed by atoms with van der Waals surface area (Å²) in [6.45, 7) is 2.51. The molecule has 5 heteroatoms. The second-order valence-corrected chi connectivity index (χ2v) is 6.73. The van der Waals surface area contributed by atoms with E-state index >= 15 is 0 Å². The number of hydrogen-bond donors (Lipinski definition) is 1. The molecule has 1 aliphatic rings. The maximum absolute atomic E-state index is 13.2. The highest BCUT2D eigenvalue weighted by Crippen LogP contribution is 2.40. The summed E-state index contributed by atoms with van der Waals surface area (Å²) in [4.78, 5) is 14.5. The van der Waals surface area contributed by atoms with Crippen LogP contribution in [0.1, 0.15) is 43.4 Å². The van der Waals surface area contributed by atoms with E-state index in [1.54, 1.807) is 17.0 Å². The van der Waals surface area contributed by atoms with Crippen LogP contribution in [0.15, 0.2) is 54.6 Å². The fourth-order valence-electron chi connectivity index (χ4n) is 3.57. The van der Waals surface area contributed by atoms with Crippen molar-refractivity contribution in [1.29, 1.82) is 0 Å². The number of hydrogen-bond acceptors (Lipinski definition) is 3. The summed E-state index contributed by atoms with van der Waals surface area (Å²) in [5.74, 6) is -0.297. The molecule has 0 aromatic heterocycles. The van der Waals surface area contributed by atoms with Crippen molar-refractivity contribution >= 4 is 6.09 Å². The van der Waals surface area contributed by atoms with Gasteiger partial charge in [0.1, 0.15) is 11.4 Å². The molecule has 4 nitrogen and oxygen atoms in total. The summed E-state index contributed by atoms with van der Waals surface area (Å²) < 4.78 is 19.1. The van der Waals surface area contributed by atoms with Gasteiger partial charge >= 0.3 is 6.09 Å². The number of ether oxygens (including phenoxy) is 1. The highest BCUT2D eigenvalue weighted by atomic mass is 19.1. The van der Waals surface area contributed by atoms with Crippen LogP contribution in [0.4, 0.5) is 9.18 Å². The fourth-order valence-corrected chi connectivity index (χ4v) is 3.57. The molecular formula is C21H24FNO3. The molecular weight excluding hydrogens is 333 g/mol. The third-order valence-corrected chi connectivity index (χ3v) is 5.13. The molecule has 2 atom stereocenters. The van der Waals surface area contributed by atoms with Crippen molar-refractivity contribution in [2.24, 2.45) is 0 Å². The number of rotatable bonds is 6. The van der Waals surface area contributed by atoms with Crippen LogP contribution in [0.3, 0.4) is 0 Å². The first-order valence-electron chi connectivity index (χ1n) is 8.97. The molecule has 1 heterocycles. The largest absolute Gasteiger partial charge is 0.438 e. The normalized spacial score (nSPS) is 21.3. The lowest BCUT2D eigenvalue weighted by molar-refractivity contribution is -0.0680. The summed E-state index contributed by atoms with van der Waals surface area (Å²) in [6.07, 6.45) is 1.41. The van der Waals surface area contributed by atoms with Gasteiger partial charge in [0.25, 0.3) is 0 Å². The van der Waals surface area contributed by atoms with Crippen LogP contribution in [0.25, 0.3) is 0 Å². The van der Waals surface area contributed by atoms with Gasteiger partial charge in [-0.2, -0.15) is 0 Å². The zero-order valence-electron chi connectivity index (χ0n) is 14.9. The fraction of sp³-hybridized carbons (Fsp3) is 0.381. The molecule has 0 saturated carbocycles. The van der Waals surface area contributed by atoms with Crippen molar-refractivity contribution in [3.8, 4) is 0 Å². The number of amides is 1. The maximum atomic E-state index is 13.2. The van der Waals surface area contributed by atoms with Crippen LogP contribution >= 0.6 is 0 Å². The van der Waals surface area contributed by atoms with E-state index in [4.69, 9.17) is 4.74 Å². The molecule has 138 valence electrons. The van der Waals surface area contributed by atoms with Crippen molar-refractivity contribution < 1.29 is 19.0 Å². The highest BCUT2D eigenvalue weighted by Gasteiger charge is 2.43. The molecule has 1 fully saturated rings. The Kier molecular flexibility index (Phi) is 5.57. The molecule has 2 aromatic carbocycles. The van der Waals surface area contributed by atoms with Crippen molar-refractivity contribution in [2.45, 2.75) is 37.8 Å². The zero-order chi connectivity index (χ0) is 18.6. The SMILES string of the molecule is C[C@@H](c1ccc(F)cc1)N1CC[C@](CCCO)(c2ccccc2)OC1=O. The Bertz CT molecular complexity index is 735. The molecule has 1 N–H and O–H groups in total. The van der Waals surface area contributed by atoms with Gasteiger partial charge in [-0.1, -0.05) is 42.5 Å². The molecule has 1 saturated heterocycles. The first-order valence-corrected chi connectivity index (χ1v) is 8.97. The number of nitrogens with zero attached hydrogens (tertiary/aromatic N) is 1. The van der Waals surface area contributed by atoms with Crippen molar-refractivity contribution in [3.05, 3.63) is 71.5 Å². The average molecular weight is 357 g/mol. The van der Waals surface area contributed by atoms with Crippen LogP contribution in [-0.2, 0) is 10.3 Å². The zero-order valence-corrected chi connectivity index (χ0v) is 14.9. The highest BCUT2D eigenvalue weighted by molar-refractivity contribution is 5.70. The molecule has 0 unspecified atom stereocenters. The van der Waals surface area contributed by atoms with E-state index in [0.717, 1.165) is 11.1 Å². The Morgan fingerprint density at radius 3 is 2.50 bits per heavy atom. The third kappa shape index (κ3) is 3.73. The predicted molar refractivity (Wildman–Crippen MR) is 97.1 cm³/mol. The summed E-state index contributed by atoms with van der Waals surface area (Å²) >= 11 is 0. The third-order valence-electron chi connectivity index (χ3n) is 5.13. The Labute approximate surface area is 153 Å². The van der Waals surface area contributed by atoms with E-state index in [1.165, 1.54) is 12.1 Å². The summed E-state index contributed by atoms with van der Waals surface area (Å²) in [6, 6.07) is 15.7. The molecule has 1 amide bonds. The van der Waals surface area contributed by atoms with Crippen LogP contribution in [-0.4, -0.2) is 29.3 Å². The van der Waals surface area contributed by atoms with Gasteiger partial charge < -0.3 is 14.7 Å². The van der Waals surface area contributed by atoms with E-state index in [2.05, 4.69) is 0 Å². The molecule has 0 radical (unpaired) electrons. The van der Waals surface area contributed by atoms with E-state index in [-0.39, 0.29) is 24.6 Å². The number of carbonyl (C=O) groups excluding carboxylic acids is 1. The molecule has 3 rings (SSSR count). The molecule has 0 bridgehead atoms. The molecule has 0 aliphatic carbocycles. The van der Waals surface area contributed by atoms with Gasteiger partial charge in [-0.05, 0) is 43.0 Å². The van der Waals surface area contributed by atoms with E-state index in [0.29, 0.717) is 25.8 Å². The number of aliphatic hydroxyl groups excluding tert-OH is 1. The summed E-state index contributed by atoms with van der Waals surface area (Å²) in [5.41, 5.74) is 1.11. The van der Waals surface area contributed by atoms with Crippen LogP contribution in [0.2, 0.25) is 0 Å². The minimum Gasteiger partial charge on any atom is -0.438 e. The lowest BCUT2D eigenvalue weighted by Crippen LogP contribution is -2.48. The predicted octanol–water partition coefficient (Wildman–Crippen LogP) is 4.40. The number of halogens is 1. The lowest BCUT2D eigenvalue weighted by atomic mass is 9.84. The molecule has 2 aromatic rings. The Hall–Kier alpha value is -2.40. The van der Waals surface area contributed by atoms with Gasteiger partial charge in [0.15, 0.2) is 0 Å². The number of benzene rings is 2. The monoisotopic (exact) mass is 357 g/mol. The second-order valence-electron chi connectivity index (χ2n) is 6.73. The minimum atomic E-state index is -0.708. The minimum absolute atomic E-state index is 0.0574.